The maximum atomic E-state index is 15.3. The molecule has 19 heteroatoms. The molecule has 7 nitrogen and oxygen atoms in total. The van der Waals surface area contributed by atoms with E-state index in [1.807, 2.05) is 4.72 Å². The molecule has 3 aromatic carbocycles. The molecule has 2 amide bonds. The largest absolute Gasteiger partial charge is 0.419 e. The molecule has 258 valence electrons. The second-order valence-corrected chi connectivity index (χ2v) is 16.0. The summed E-state index contributed by atoms with van der Waals surface area (Å²) in [4.78, 5) is 25.1. The zero-order valence-electron chi connectivity index (χ0n) is 23.7. The van der Waals surface area contributed by atoms with Crippen LogP contribution in [0, 0.1) is 28.8 Å². The lowest BCUT2D eigenvalue weighted by Crippen LogP contribution is -2.28. The first-order valence-electron chi connectivity index (χ1n) is 13.6. The number of nitrogens with one attached hydrogen (secondary N) is 3. The molecule has 0 spiro atoms. The minimum absolute atomic E-state index is 0.0571. The summed E-state index contributed by atoms with van der Waals surface area (Å²) in [6.07, 6.45) is -4.23. The molecular weight excluding hydrogens is 778 g/mol. The second-order valence-electron chi connectivity index (χ2n) is 11.3. The Morgan fingerprint density at radius 1 is 0.938 bits per heavy atom. The van der Waals surface area contributed by atoms with Crippen molar-refractivity contribution in [3.8, 4) is 0 Å². The molecule has 0 heterocycles. The van der Waals surface area contributed by atoms with Gasteiger partial charge in [-0.3, -0.25) is 14.3 Å². The van der Waals surface area contributed by atoms with Gasteiger partial charge in [0.1, 0.15) is 26.5 Å². The molecule has 2 fully saturated rings. The smallest absolute Gasteiger partial charge is 0.326 e. The van der Waals surface area contributed by atoms with Crippen molar-refractivity contribution >= 4 is 96.9 Å². The van der Waals surface area contributed by atoms with Gasteiger partial charge in [0.05, 0.1) is 33.5 Å². The molecule has 3 N–H and O–H groups in total. The molecule has 0 aromatic heterocycles. The fourth-order valence-corrected chi connectivity index (χ4v) is 8.69. The molecule has 5 rings (SSSR count). The topological polar surface area (TPSA) is 104 Å². The van der Waals surface area contributed by atoms with Gasteiger partial charge in [-0.1, -0.05) is 17.7 Å². The average Bonchev–Trinajstić information content (AvgIpc) is 3.87. The highest BCUT2D eigenvalue weighted by molar-refractivity contribution is 7.92. The van der Waals surface area contributed by atoms with Gasteiger partial charge in [0.25, 0.3) is 5.91 Å². The van der Waals surface area contributed by atoms with Crippen LogP contribution in [0.15, 0.2) is 48.5 Å². The van der Waals surface area contributed by atoms with Gasteiger partial charge < -0.3 is 10.6 Å². The van der Waals surface area contributed by atoms with Crippen molar-refractivity contribution in [1.29, 1.82) is 0 Å². The van der Waals surface area contributed by atoms with Gasteiger partial charge in [0.15, 0.2) is 5.82 Å². The summed E-state index contributed by atoms with van der Waals surface area (Å²) in [5.41, 5.74) is -4.74. The van der Waals surface area contributed by atoms with Crippen molar-refractivity contribution in [2.24, 2.45) is 11.3 Å². The van der Waals surface area contributed by atoms with E-state index in [4.69, 9.17) is 58.0 Å². The van der Waals surface area contributed by atoms with E-state index < -0.39 is 94.6 Å². The average molecular weight is 798 g/mol. The van der Waals surface area contributed by atoms with Crippen LogP contribution in [0.25, 0.3) is 0 Å². The Morgan fingerprint density at radius 2 is 1.58 bits per heavy atom. The fourth-order valence-electron chi connectivity index (χ4n) is 5.11. The van der Waals surface area contributed by atoms with E-state index >= 15 is 4.39 Å². The monoisotopic (exact) mass is 795 g/mol. The van der Waals surface area contributed by atoms with E-state index in [1.54, 1.807) is 0 Å². The number of hydrogen-bond donors (Lipinski definition) is 3. The normalized spacial score (nSPS) is 19.5. The molecule has 2 atom stereocenters. The number of carbonyl (C=O) groups is 2. The lowest BCUT2D eigenvalue weighted by Gasteiger charge is -2.18. The highest BCUT2D eigenvalue weighted by Gasteiger charge is 2.67. The number of alkyl halides is 7. The van der Waals surface area contributed by atoms with Gasteiger partial charge in [0, 0.05) is 17.0 Å². The number of sulfonamides is 1. The van der Waals surface area contributed by atoms with Gasteiger partial charge in [-0.2, -0.15) is 13.2 Å². The van der Waals surface area contributed by atoms with Crippen LogP contribution < -0.4 is 15.4 Å². The first-order chi connectivity index (χ1) is 22.2. The number of halogens is 11. The highest BCUT2D eigenvalue weighted by Crippen LogP contribution is 2.65. The zero-order valence-corrected chi connectivity index (χ0v) is 28.3. The van der Waals surface area contributed by atoms with Gasteiger partial charge in [-0.05, 0) is 60.9 Å². The van der Waals surface area contributed by atoms with Gasteiger partial charge >= 0.3 is 6.18 Å². The third-order valence-corrected chi connectivity index (χ3v) is 11.6. The SMILES string of the molecule is O=C(Nc1ccc(F)c(NS(=O)(=O)CC2(C(Cl)Cl)CC2)c1F)c1cc(NC(=O)[C@H]2[C@H](c3ccc(F)c(C(F)(F)F)c3)C2(Cl)Cl)ccc1Cl. The maximum absolute atomic E-state index is 15.3. The summed E-state index contributed by atoms with van der Waals surface area (Å²) in [6.45, 7) is 0. The minimum atomic E-state index is -5.01. The van der Waals surface area contributed by atoms with Crippen molar-refractivity contribution in [2.75, 3.05) is 21.1 Å². The predicted molar refractivity (Wildman–Crippen MR) is 171 cm³/mol. The summed E-state index contributed by atoms with van der Waals surface area (Å²) >= 11 is 30.3. The minimum Gasteiger partial charge on any atom is -0.326 e. The number of carbonyl (C=O) groups excluding carboxylic acids is 2. The Balaban J connectivity index is 1.31. The van der Waals surface area contributed by atoms with Crippen LogP contribution in [0.5, 0.6) is 0 Å². The van der Waals surface area contributed by atoms with Gasteiger partial charge in [0.2, 0.25) is 15.9 Å². The van der Waals surface area contributed by atoms with Crippen LogP contribution in [-0.4, -0.2) is 35.2 Å². The molecule has 48 heavy (non-hydrogen) atoms. The molecular formula is C29H20Cl5F6N3O4S. The fraction of sp³-hybridized carbons (Fsp3) is 0.310. The van der Waals surface area contributed by atoms with Crippen LogP contribution >= 0.6 is 58.0 Å². The standard InChI is InChI=1S/C29H20Cl5F6N3O4S/c30-16-3-2-13(41-25(45)21-20(28(21,33)34)12-1-4-17(35)15(9-12)29(38,39)40)10-14(16)24(44)42-19-6-5-18(36)23(22(19)37)43-48(46,47)11-27(7-8-27)26(31)32/h1-6,9-10,20-21,26,43H,7-8,11H2,(H,41,45)(H,42,44)/t20-,21+/m0/s1. The van der Waals surface area contributed by atoms with E-state index in [-0.39, 0.29) is 21.8 Å². The summed E-state index contributed by atoms with van der Waals surface area (Å²) in [7, 11) is -4.34. The van der Waals surface area contributed by atoms with Crippen molar-refractivity contribution in [2.45, 2.75) is 34.1 Å². The summed E-state index contributed by atoms with van der Waals surface area (Å²) in [5, 5.41) is 4.40. The van der Waals surface area contributed by atoms with Crippen molar-refractivity contribution in [3.63, 3.8) is 0 Å². The van der Waals surface area contributed by atoms with Crippen LogP contribution in [0.4, 0.5) is 43.4 Å². The quantitative estimate of drug-likeness (QED) is 0.141. The maximum Gasteiger partial charge on any atom is 0.419 e. The Bertz CT molecular complexity index is 1930. The Morgan fingerprint density at radius 3 is 2.19 bits per heavy atom. The third-order valence-electron chi connectivity index (χ3n) is 7.90. The van der Waals surface area contributed by atoms with E-state index in [2.05, 4.69) is 10.6 Å². The number of anilines is 3. The molecule has 0 bridgehead atoms. The molecule has 2 aliphatic carbocycles. The number of hydrogen-bond acceptors (Lipinski definition) is 4. The number of benzene rings is 3. The molecule has 0 radical (unpaired) electrons. The van der Waals surface area contributed by atoms with Gasteiger partial charge in [-0.25, -0.2) is 21.6 Å². The molecule has 0 unspecified atom stereocenters. The first kappa shape index (κ1) is 36.7. The van der Waals surface area contributed by atoms with Gasteiger partial charge in [-0.15, -0.1) is 46.4 Å². The van der Waals surface area contributed by atoms with Crippen LogP contribution in [0.3, 0.4) is 0 Å². The number of rotatable bonds is 10. The predicted octanol–water partition coefficient (Wildman–Crippen LogP) is 8.88. The van der Waals surface area contributed by atoms with Crippen molar-refractivity contribution < 1.29 is 44.3 Å². The third kappa shape index (κ3) is 7.43. The zero-order chi connectivity index (χ0) is 35.6. The lowest BCUT2D eigenvalue weighted by atomic mass is 10.0. The van der Waals surface area contributed by atoms with E-state index in [9.17, 15) is 40.0 Å². The summed E-state index contributed by atoms with van der Waals surface area (Å²) in [5.74, 6) is -9.21. The summed E-state index contributed by atoms with van der Waals surface area (Å²) in [6, 6.07) is 7.20. The summed E-state index contributed by atoms with van der Waals surface area (Å²) < 4.78 is 109. The molecule has 2 aliphatic rings. The van der Waals surface area contributed by atoms with Crippen LogP contribution in [0.2, 0.25) is 5.02 Å². The molecule has 0 saturated heterocycles. The van der Waals surface area contributed by atoms with E-state index in [1.165, 1.54) is 12.1 Å². The lowest BCUT2D eigenvalue weighted by molar-refractivity contribution is -0.140. The van der Waals surface area contributed by atoms with Crippen molar-refractivity contribution in [3.05, 3.63) is 87.7 Å². The Labute approximate surface area is 294 Å². The first-order valence-corrected chi connectivity index (χ1v) is 17.3. The molecule has 3 aromatic rings. The van der Waals surface area contributed by atoms with Crippen LogP contribution in [0.1, 0.15) is 40.2 Å². The molecule has 2 saturated carbocycles. The second kappa shape index (κ2) is 12.9. The molecule has 0 aliphatic heterocycles. The van der Waals surface area contributed by atoms with E-state index in [0.29, 0.717) is 31.0 Å². The Hall–Kier alpha value is -2.62. The van der Waals surface area contributed by atoms with E-state index in [0.717, 1.165) is 18.2 Å². The Kier molecular flexibility index (Phi) is 9.87. The highest BCUT2D eigenvalue weighted by atomic mass is 35.5. The van der Waals surface area contributed by atoms with Crippen molar-refractivity contribution in [1.82, 2.24) is 0 Å². The van der Waals surface area contributed by atoms with Crippen LogP contribution in [-0.2, 0) is 21.0 Å². The number of amides is 2.